The fraction of sp³-hybridized carbons (Fsp3) is 0.240. The van der Waals surface area contributed by atoms with Crippen molar-refractivity contribution in [2.75, 3.05) is 18.0 Å². The second-order valence-corrected chi connectivity index (χ2v) is 7.83. The number of aromatic nitrogens is 4. The Morgan fingerprint density at radius 1 is 0.903 bits per heavy atom. The molecule has 0 amide bonds. The Morgan fingerprint density at radius 2 is 1.61 bits per heavy atom. The molecule has 0 spiro atoms. The lowest BCUT2D eigenvalue weighted by Gasteiger charge is -2.33. The Hall–Kier alpha value is -3.67. The molecule has 31 heavy (non-hydrogen) atoms. The van der Waals surface area contributed by atoms with Gasteiger partial charge in [-0.05, 0) is 37.5 Å². The molecule has 0 saturated carbocycles. The zero-order valence-corrected chi connectivity index (χ0v) is 17.5. The molecule has 1 aliphatic rings. The maximum atomic E-state index is 6.20. The fourth-order valence-electron chi connectivity index (χ4n) is 4.28. The minimum Gasteiger partial charge on any atom is -0.438 e. The van der Waals surface area contributed by atoms with Crippen molar-refractivity contribution in [2.45, 2.75) is 25.7 Å². The Labute approximate surface area is 182 Å². The number of imidazole rings is 1. The predicted molar refractivity (Wildman–Crippen MR) is 121 cm³/mol. The summed E-state index contributed by atoms with van der Waals surface area (Å²) in [5, 5.41) is 0. The van der Waals surface area contributed by atoms with E-state index in [9.17, 15) is 0 Å². The van der Waals surface area contributed by atoms with Gasteiger partial charge in [-0.3, -0.25) is 0 Å². The van der Waals surface area contributed by atoms with Crippen molar-refractivity contribution in [3.63, 3.8) is 0 Å². The summed E-state index contributed by atoms with van der Waals surface area (Å²) in [6, 6.07) is 20.0. The zero-order chi connectivity index (χ0) is 21.0. The summed E-state index contributed by atoms with van der Waals surface area (Å²) in [6.45, 7) is 3.93. The number of aryl methyl sites for hydroxylation is 1. The van der Waals surface area contributed by atoms with Gasteiger partial charge in [0.25, 0.3) is 0 Å². The Balaban J connectivity index is 1.47. The van der Waals surface area contributed by atoms with Gasteiger partial charge < -0.3 is 14.6 Å². The summed E-state index contributed by atoms with van der Waals surface area (Å²) < 4.78 is 6.20. The summed E-state index contributed by atoms with van der Waals surface area (Å²) >= 11 is 0. The zero-order valence-electron chi connectivity index (χ0n) is 17.5. The van der Waals surface area contributed by atoms with Crippen molar-refractivity contribution < 1.29 is 4.74 Å². The summed E-state index contributed by atoms with van der Waals surface area (Å²) in [7, 11) is 0. The first-order chi connectivity index (χ1) is 15.3. The standard InChI is InChI=1S/C25H25N5O/c1-18-23(27-16-26-18)20-12-14-30(15-13-20)24-22(19-8-4-2-5-9-19)25(29-17-28-24)31-21-10-6-3-7-11-21/h2-11,16-17,20H,12-15H2,1H3,(H,26,27). The molecule has 6 nitrogen and oxygen atoms in total. The third-order valence-corrected chi connectivity index (χ3v) is 5.86. The van der Waals surface area contributed by atoms with Crippen LogP contribution in [0, 0.1) is 6.92 Å². The van der Waals surface area contributed by atoms with E-state index in [0.717, 1.165) is 48.6 Å². The number of hydrogen-bond donors (Lipinski definition) is 1. The minimum absolute atomic E-state index is 0.476. The third-order valence-electron chi connectivity index (χ3n) is 5.86. The number of aromatic amines is 1. The van der Waals surface area contributed by atoms with Crippen LogP contribution < -0.4 is 9.64 Å². The van der Waals surface area contributed by atoms with E-state index in [1.807, 2.05) is 48.5 Å². The van der Waals surface area contributed by atoms with Crippen molar-refractivity contribution >= 4 is 5.82 Å². The molecule has 2 aromatic carbocycles. The quantitative estimate of drug-likeness (QED) is 0.479. The summed E-state index contributed by atoms with van der Waals surface area (Å²) in [5.74, 6) is 2.73. The molecular formula is C25H25N5O. The van der Waals surface area contributed by atoms with E-state index in [-0.39, 0.29) is 0 Å². The number of para-hydroxylation sites is 1. The van der Waals surface area contributed by atoms with Gasteiger partial charge in [0.2, 0.25) is 5.88 Å². The average Bonchev–Trinajstić information content (AvgIpc) is 3.26. The van der Waals surface area contributed by atoms with Crippen LogP contribution in [0.15, 0.2) is 73.3 Å². The lowest BCUT2D eigenvalue weighted by Crippen LogP contribution is -2.34. The van der Waals surface area contributed by atoms with Gasteiger partial charge in [0.1, 0.15) is 17.9 Å². The Kier molecular flexibility index (Phi) is 5.35. The van der Waals surface area contributed by atoms with Crippen LogP contribution in [0.25, 0.3) is 11.1 Å². The number of benzene rings is 2. The van der Waals surface area contributed by atoms with Gasteiger partial charge in [-0.15, -0.1) is 0 Å². The van der Waals surface area contributed by atoms with E-state index in [0.29, 0.717) is 11.8 Å². The molecule has 1 saturated heterocycles. The molecule has 156 valence electrons. The first kappa shape index (κ1) is 19.3. The molecule has 1 aliphatic heterocycles. The van der Waals surface area contributed by atoms with Gasteiger partial charge in [-0.1, -0.05) is 48.5 Å². The van der Waals surface area contributed by atoms with Crippen LogP contribution in [-0.2, 0) is 0 Å². The topological polar surface area (TPSA) is 66.9 Å². The first-order valence-electron chi connectivity index (χ1n) is 10.7. The van der Waals surface area contributed by atoms with E-state index in [2.05, 4.69) is 38.9 Å². The van der Waals surface area contributed by atoms with Crippen molar-refractivity contribution in [3.8, 4) is 22.8 Å². The van der Waals surface area contributed by atoms with Gasteiger partial charge in [0.05, 0.1) is 17.6 Å². The third kappa shape index (κ3) is 4.01. The highest BCUT2D eigenvalue weighted by Crippen LogP contribution is 2.40. The molecule has 2 aromatic heterocycles. The predicted octanol–water partition coefficient (Wildman–Crippen LogP) is 5.35. The number of rotatable bonds is 5. The number of nitrogens with one attached hydrogen (secondary N) is 1. The smallest absolute Gasteiger partial charge is 0.232 e. The highest BCUT2D eigenvalue weighted by molar-refractivity contribution is 5.80. The molecule has 0 aliphatic carbocycles. The number of hydrogen-bond acceptors (Lipinski definition) is 5. The number of anilines is 1. The van der Waals surface area contributed by atoms with Crippen molar-refractivity contribution in [3.05, 3.63) is 84.7 Å². The normalized spacial score (nSPS) is 14.5. The molecule has 4 aromatic rings. The van der Waals surface area contributed by atoms with Crippen molar-refractivity contribution in [2.24, 2.45) is 0 Å². The van der Waals surface area contributed by atoms with Gasteiger partial charge in [-0.25, -0.2) is 15.0 Å². The summed E-state index contributed by atoms with van der Waals surface area (Å²) in [5.41, 5.74) is 4.35. The van der Waals surface area contributed by atoms with Crippen LogP contribution in [0.5, 0.6) is 11.6 Å². The minimum atomic E-state index is 0.476. The van der Waals surface area contributed by atoms with Gasteiger partial charge >= 0.3 is 0 Å². The number of piperidine rings is 1. The van der Waals surface area contributed by atoms with Crippen LogP contribution in [0.1, 0.15) is 30.1 Å². The molecular weight excluding hydrogens is 386 g/mol. The van der Waals surface area contributed by atoms with Crippen LogP contribution in [0.4, 0.5) is 5.82 Å². The van der Waals surface area contributed by atoms with Gasteiger partial charge in [0, 0.05) is 24.7 Å². The Bertz CT molecular complexity index is 1140. The maximum Gasteiger partial charge on any atom is 0.232 e. The number of ether oxygens (including phenoxy) is 1. The Morgan fingerprint density at radius 3 is 2.29 bits per heavy atom. The molecule has 0 bridgehead atoms. The molecule has 1 fully saturated rings. The van der Waals surface area contributed by atoms with E-state index in [4.69, 9.17) is 9.72 Å². The van der Waals surface area contributed by atoms with E-state index >= 15 is 0 Å². The van der Waals surface area contributed by atoms with Crippen LogP contribution in [0.3, 0.4) is 0 Å². The number of nitrogens with zero attached hydrogens (tertiary/aromatic N) is 4. The summed E-state index contributed by atoms with van der Waals surface area (Å²) in [4.78, 5) is 19.3. The SMILES string of the molecule is Cc1[nH]cnc1C1CCN(c2ncnc(Oc3ccccc3)c2-c2ccccc2)CC1. The summed E-state index contributed by atoms with van der Waals surface area (Å²) in [6.07, 6.45) is 5.48. The monoisotopic (exact) mass is 411 g/mol. The van der Waals surface area contributed by atoms with Crippen LogP contribution >= 0.6 is 0 Å². The lowest BCUT2D eigenvalue weighted by atomic mass is 9.92. The molecule has 0 atom stereocenters. The average molecular weight is 412 g/mol. The molecule has 5 rings (SSSR count). The first-order valence-corrected chi connectivity index (χ1v) is 10.7. The highest BCUT2D eigenvalue weighted by Gasteiger charge is 2.27. The molecule has 6 heteroatoms. The molecule has 0 unspecified atom stereocenters. The van der Waals surface area contributed by atoms with E-state index in [1.54, 1.807) is 12.7 Å². The fourth-order valence-corrected chi connectivity index (χ4v) is 4.28. The van der Waals surface area contributed by atoms with Crippen LogP contribution in [-0.4, -0.2) is 33.0 Å². The van der Waals surface area contributed by atoms with Crippen LogP contribution in [0.2, 0.25) is 0 Å². The lowest BCUT2D eigenvalue weighted by molar-refractivity contribution is 0.461. The van der Waals surface area contributed by atoms with Gasteiger partial charge in [-0.2, -0.15) is 0 Å². The van der Waals surface area contributed by atoms with Gasteiger partial charge in [0.15, 0.2) is 0 Å². The van der Waals surface area contributed by atoms with E-state index < -0.39 is 0 Å². The second-order valence-electron chi connectivity index (χ2n) is 7.83. The van der Waals surface area contributed by atoms with Crippen molar-refractivity contribution in [1.82, 2.24) is 19.9 Å². The number of H-pyrrole nitrogens is 1. The van der Waals surface area contributed by atoms with E-state index in [1.165, 1.54) is 11.4 Å². The van der Waals surface area contributed by atoms with Crippen molar-refractivity contribution in [1.29, 1.82) is 0 Å². The maximum absolute atomic E-state index is 6.20. The second kappa shape index (κ2) is 8.60. The largest absolute Gasteiger partial charge is 0.438 e. The molecule has 1 N–H and O–H groups in total. The molecule has 0 radical (unpaired) electrons. The molecule has 3 heterocycles. The highest BCUT2D eigenvalue weighted by atomic mass is 16.5.